The molecule has 2 aromatic carbocycles. The fraction of sp³-hybridized carbons (Fsp3) is 0.143. The number of carbonyl (C=O) groups is 3. The molecule has 0 aliphatic heterocycles. The molecule has 1 atom stereocenters. The van der Waals surface area contributed by atoms with Crippen LogP contribution in [0.2, 0.25) is 0 Å². The molecule has 0 saturated carbocycles. The van der Waals surface area contributed by atoms with Crippen molar-refractivity contribution < 1.29 is 18.8 Å². The van der Waals surface area contributed by atoms with Gasteiger partial charge in [-0.1, -0.05) is 30.3 Å². The molecule has 8 heteroatoms. The van der Waals surface area contributed by atoms with E-state index in [1.807, 2.05) is 0 Å². The van der Waals surface area contributed by atoms with E-state index < -0.39 is 29.5 Å². The van der Waals surface area contributed by atoms with E-state index in [1.165, 1.54) is 29.5 Å². The number of thiazole rings is 1. The maximum atomic E-state index is 13.5. The second kappa shape index (κ2) is 9.70. The standard InChI is InChI=1S/C21H18FN3O3S/c22-16-8-4-5-14(11-16)12-17(25-20(27)15-6-2-1-3-7-15)19(26)21(28)24-13-18-23-9-10-29-18/h1-11,17H,12-13H2,(H,24,28)(H,25,27)/t17-/m1/s1. The van der Waals surface area contributed by atoms with Crippen molar-refractivity contribution in [2.24, 2.45) is 0 Å². The molecule has 148 valence electrons. The van der Waals surface area contributed by atoms with Gasteiger partial charge in [-0.15, -0.1) is 11.3 Å². The molecule has 0 fully saturated rings. The van der Waals surface area contributed by atoms with Gasteiger partial charge < -0.3 is 10.6 Å². The number of rotatable bonds is 8. The van der Waals surface area contributed by atoms with Crippen molar-refractivity contribution in [1.29, 1.82) is 0 Å². The lowest BCUT2D eigenvalue weighted by Crippen LogP contribution is -2.48. The molecule has 29 heavy (non-hydrogen) atoms. The van der Waals surface area contributed by atoms with Gasteiger partial charge in [-0.3, -0.25) is 14.4 Å². The van der Waals surface area contributed by atoms with Gasteiger partial charge in [0, 0.05) is 23.6 Å². The van der Waals surface area contributed by atoms with Gasteiger partial charge in [0.05, 0.1) is 6.54 Å². The number of hydrogen-bond donors (Lipinski definition) is 2. The van der Waals surface area contributed by atoms with Crippen LogP contribution in [0.1, 0.15) is 20.9 Å². The van der Waals surface area contributed by atoms with Crippen LogP contribution in [0.5, 0.6) is 0 Å². The molecule has 0 aliphatic rings. The summed E-state index contributed by atoms with van der Waals surface area (Å²) >= 11 is 1.35. The van der Waals surface area contributed by atoms with Crippen LogP contribution in [0.4, 0.5) is 4.39 Å². The van der Waals surface area contributed by atoms with E-state index in [-0.39, 0.29) is 13.0 Å². The van der Waals surface area contributed by atoms with Crippen LogP contribution >= 0.6 is 11.3 Å². The Labute approximate surface area is 170 Å². The molecular weight excluding hydrogens is 393 g/mol. The van der Waals surface area contributed by atoms with Crippen LogP contribution < -0.4 is 10.6 Å². The first-order valence-electron chi connectivity index (χ1n) is 8.83. The summed E-state index contributed by atoms with van der Waals surface area (Å²) in [6.45, 7) is 0.113. The predicted molar refractivity (Wildman–Crippen MR) is 107 cm³/mol. The highest BCUT2D eigenvalue weighted by Crippen LogP contribution is 2.09. The molecule has 1 aromatic heterocycles. The van der Waals surface area contributed by atoms with Gasteiger partial charge in [0.25, 0.3) is 11.8 Å². The minimum Gasteiger partial charge on any atom is -0.343 e. The maximum Gasteiger partial charge on any atom is 0.289 e. The van der Waals surface area contributed by atoms with Crippen molar-refractivity contribution in [3.63, 3.8) is 0 Å². The Balaban J connectivity index is 1.74. The van der Waals surface area contributed by atoms with Crippen molar-refractivity contribution in [3.8, 4) is 0 Å². The first-order valence-corrected chi connectivity index (χ1v) is 9.71. The van der Waals surface area contributed by atoms with Gasteiger partial charge in [-0.2, -0.15) is 0 Å². The lowest BCUT2D eigenvalue weighted by Gasteiger charge is -2.17. The first-order chi connectivity index (χ1) is 14.0. The fourth-order valence-corrected chi connectivity index (χ4v) is 3.24. The molecule has 3 rings (SSSR count). The van der Waals surface area contributed by atoms with Crippen molar-refractivity contribution in [2.75, 3.05) is 0 Å². The Morgan fingerprint density at radius 2 is 1.86 bits per heavy atom. The molecule has 3 aromatic rings. The van der Waals surface area contributed by atoms with Gasteiger partial charge in [0.2, 0.25) is 5.78 Å². The SMILES string of the molecule is O=C(NCc1nccs1)C(=O)[C@@H](Cc1cccc(F)c1)NC(=O)c1ccccc1. The van der Waals surface area contributed by atoms with Crippen molar-refractivity contribution in [3.05, 3.63) is 88.1 Å². The maximum absolute atomic E-state index is 13.5. The lowest BCUT2D eigenvalue weighted by atomic mass is 10.0. The molecule has 6 nitrogen and oxygen atoms in total. The predicted octanol–water partition coefficient (Wildman–Crippen LogP) is 2.51. The normalized spacial score (nSPS) is 11.5. The largest absolute Gasteiger partial charge is 0.343 e. The van der Waals surface area contributed by atoms with Crippen LogP contribution in [-0.2, 0) is 22.6 Å². The molecule has 0 unspecified atom stereocenters. The molecule has 0 aliphatic carbocycles. The minimum atomic E-state index is -1.14. The molecule has 0 bridgehead atoms. The topological polar surface area (TPSA) is 88.2 Å². The van der Waals surface area contributed by atoms with Crippen molar-refractivity contribution in [1.82, 2.24) is 15.6 Å². The second-order valence-electron chi connectivity index (χ2n) is 6.20. The lowest BCUT2D eigenvalue weighted by molar-refractivity contribution is -0.139. The smallest absolute Gasteiger partial charge is 0.289 e. The number of aromatic nitrogens is 1. The summed E-state index contributed by atoms with van der Waals surface area (Å²) in [6.07, 6.45) is 1.58. The summed E-state index contributed by atoms with van der Waals surface area (Å²) in [5.41, 5.74) is 0.845. The van der Waals surface area contributed by atoms with E-state index in [1.54, 1.807) is 48.0 Å². The highest BCUT2D eigenvalue weighted by Gasteiger charge is 2.27. The molecule has 0 radical (unpaired) electrons. The quantitative estimate of drug-likeness (QED) is 0.558. The van der Waals surface area contributed by atoms with Crippen LogP contribution in [0.3, 0.4) is 0 Å². The highest BCUT2D eigenvalue weighted by molar-refractivity contribution is 7.09. The van der Waals surface area contributed by atoms with Gasteiger partial charge in [0.1, 0.15) is 16.9 Å². The van der Waals surface area contributed by atoms with E-state index in [0.29, 0.717) is 16.1 Å². The number of benzene rings is 2. The third-order valence-electron chi connectivity index (χ3n) is 4.09. The molecule has 2 amide bonds. The molecule has 0 spiro atoms. The average molecular weight is 411 g/mol. The first kappa shape index (κ1) is 20.3. The molecule has 1 heterocycles. The van der Waals surface area contributed by atoms with E-state index >= 15 is 0 Å². The van der Waals surface area contributed by atoms with Crippen LogP contribution in [-0.4, -0.2) is 28.6 Å². The number of ketones is 1. The fourth-order valence-electron chi connectivity index (χ4n) is 2.68. The summed E-state index contributed by atoms with van der Waals surface area (Å²) in [6, 6.07) is 12.9. The van der Waals surface area contributed by atoms with E-state index in [4.69, 9.17) is 0 Å². The van der Waals surface area contributed by atoms with E-state index in [2.05, 4.69) is 15.6 Å². The molecule has 0 saturated heterocycles. The number of Topliss-reactive ketones (excluding diaryl/α,β-unsaturated/α-hetero) is 1. The second-order valence-corrected chi connectivity index (χ2v) is 7.18. The van der Waals surface area contributed by atoms with Crippen LogP contribution in [0, 0.1) is 5.82 Å². The third kappa shape index (κ3) is 5.79. The summed E-state index contributed by atoms with van der Waals surface area (Å²) in [5, 5.41) is 7.51. The summed E-state index contributed by atoms with van der Waals surface area (Å²) in [7, 11) is 0. The van der Waals surface area contributed by atoms with Crippen LogP contribution in [0.25, 0.3) is 0 Å². The van der Waals surface area contributed by atoms with E-state index in [0.717, 1.165) is 0 Å². The third-order valence-corrected chi connectivity index (χ3v) is 4.87. The number of nitrogens with one attached hydrogen (secondary N) is 2. The monoisotopic (exact) mass is 411 g/mol. The highest BCUT2D eigenvalue weighted by atomic mass is 32.1. The van der Waals surface area contributed by atoms with Gasteiger partial charge in [-0.05, 0) is 29.8 Å². The van der Waals surface area contributed by atoms with Gasteiger partial charge >= 0.3 is 0 Å². The van der Waals surface area contributed by atoms with Gasteiger partial charge in [0.15, 0.2) is 0 Å². The zero-order valence-corrected chi connectivity index (χ0v) is 16.1. The number of amides is 2. The number of carbonyl (C=O) groups excluding carboxylic acids is 3. The van der Waals surface area contributed by atoms with Crippen molar-refractivity contribution >= 4 is 28.9 Å². The Morgan fingerprint density at radius 3 is 2.55 bits per heavy atom. The molecular formula is C21H18FN3O3S. The summed E-state index contributed by atoms with van der Waals surface area (Å²) < 4.78 is 13.5. The van der Waals surface area contributed by atoms with Crippen molar-refractivity contribution in [2.45, 2.75) is 19.0 Å². The average Bonchev–Trinajstić information content (AvgIpc) is 3.25. The molecule has 2 N–H and O–H groups in total. The zero-order chi connectivity index (χ0) is 20.6. The minimum absolute atomic E-state index is 0.0140. The summed E-state index contributed by atoms with van der Waals surface area (Å²) in [5.74, 6) is -2.60. The van der Waals surface area contributed by atoms with Gasteiger partial charge in [-0.25, -0.2) is 9.37 Å². The Morgan fingerprint density at radius 1 is 1.07 bits per heavy atom. The number of halogens is 1. The van der Waals surface area contributed by atoms with Crippen LogP contribution in [0.15, 0.2) is 66.2 Å². The zero-order valence-electron chi connectivity index (χ0n) is 15.3. The Kier molecular flexibility index (Phi) is 6.80. The Bertz CT molecular complexity index is 993. The van der Waals surface area contributed by atoms with E-state index in [9.17, 15) is 18.8 Å². The number of hydrogen-bond acceptors (Lipinski definition) is 5. The summed E-state index contributed by atoms with van der Waals surface area (Å²) in [4.78, 5) is 41.6. The number of nitrogens with zero attached hydrogens (tertiary/aromatic N) is 1. The Hall–Kier alpha value is -3.39.